The molecule has 1 rings (SSSR count). The molecule has 0 bridgehead atoms. The molecule has 0 aliphatic carbocycles. The topological polar surface area (TPSA) is 72.2 Å². The third kappa shape index (κ3) is 5.00. The highest BCUT2D eigenvalue weighted by molar-refractivity contribution is 7.89. The summed E-state index contributed by atoms with van der Waals surface area (Å²) in [7, 11) is -4.21. The molecular formula is C11H13Cl2F3N2O2S. The van der Waals surface area contributed by atoms with Crippen LogP contribution in [0.15, 0.2) is 17.0 Å². The van der Waals surface area contributed by atoms with Gasteiger partial charge in [0, 0.05) is 23.2 Å². The van der Waals surface area contributed by atoms with Gasteiger partial charge in [-0.1, -0.05) is 23.2 Å². The number of nitrogens with two attached hydrogens (primary N) is 1. The van der Waals surface area contributed by atoms with E-state index in [2.05, 4.69) is 0 Å². The van der Waals surface area contributed by atoms with Gasteiger partial charge in [-0.3, -0.25) is 0 Å². The summed E-state index contributed by atoms with van der Waals surface area (Å²) in [5.41, 5.74) is 5.63. The van der Waals surface area contributed by atoms with Crippen molar-refractivity contribution in [2.75, 3.05) is 0 Å². The van der Waals surface area contributed by atoms with Gasteiger partial charge >= 0.3 is 6.18 Å². The van der Waals surface area contributed by atoms with Crippen molar-refractivity contribution in [2.24, 2.45) is 5.73 Å². The van der Waals surface area contributed by atoms with E-state index in [4.69, 9.17) is 28.9 Å². The van der Waals surface area contributed by atoms with Crippen molar-refractivity contribution in [3.8, 4) is 0 Å². The van der Waals surface area contributed by atoms with E-state index in [0.29, 0.717) is 0 Å². The molecule has 0 aliphatic heterocycles. The summed E-state index contributed by atoms with van der Waals surface area (Å²) in [4.78, 5) is -0.358. The van der Waals surface area contributed by atoms with Gasteiger partial charge in [0.2, 0.25) is 10.0 Å². The van der Waals surface area contributed by atoms with Crippen LogP contribution >= 0.6 is 23.2 Å². The second kappa shape index (κ2) is 6.70. The fourth-order valence-electron chi connectivity index (χ4n) is 1.69. The van der Waals surface area contributed by atoms with Crippen molar-refractivity contribution in [2.45, 2.75) is 37.0 Å². The molecule has 1 unspecified atom stereocenters. The van der Waals surface area contributed by atoms with E-state index in [9.17, 15) is 21.6 Å². The van der Waals surface area contributed by atoms with Gasteiger partial charge in [0.1, 0.15) is 4.90 Å². The number of alkyl halides is 3. The van der Waals surface area contributed by atoms with Gasteiger partial charge in [-0.25, -0.2) is 13.1 Å². The van der Waals surface area contributed by atoms with Crippen molar-refractivity contribution >= 4 is 33.2 Å². The zero-order chi connectivity index (χ0) is 16.4. The number of rotatable bonds is 5. The van der Waals surface area contributed by atoms with Crippen LogP contribution in [0.25, 0.3) is 0 Å². The van der Waals surface area contributed by atoms with Crippen molar-refractivity contribution in [3.63, 3.8) is 0 Å². The summed E-state index contributed by atoms with van der Waals surface area (Å²) < 4.78 is 62.8. The van der Waals surface area contributed by atoms with Crippen molar-refractivity contribution < 1.29 is 21.6 Å². The Labute approximate surface area is 130 Å². The van der Waals surface area contributed by atoms with E-state index in [1.807, 2.05) is 4.72 Å². The van der Waals surface area contributed by atoms with E-state index in [1.165, 1.54) is 6.07 Å². The van der Waals surface area contributed by atoms with Crippen LogP contribution in [0.4, 0.5) is 13.2 Å². The first-order chi connectivity index (χ1) is 9.48. The maximum Gasteiger partial charge on any atom is 0.390 e. The molecule has 21 heavy (non-hydrogen) atoms. The Morgan fingerprint density at radius 3 is 2.38 bits per heavy atom. The number of hydrogen-bond acceptors (Lipinski definition) is 3. The van der Waals surface area contributed by atoms with Gasteiger partial charge in [-0.05, 0) is 19.1 Å². The largest absolute Gasteiger partial charge is 0.390 e. The van der Waals surface area contributed by atoms with Crippen molar-refractivity contribution in [3.05, 3.63) is 27.7 Å². The molecule has 0 saturated carbocycles. The lowest BCUT2D eigenvalue weighted by Crippen LogP contribution is -2.36. The number of benzene rings is 1. The van der Waals surface area contributed by atoms with Gasteiger partial charge in [0.25, 0.3) is 0 Å². The van der Waals surface area contributed by atoms with Crippen LogP contribution in [0, 0.1) is 0 Å². The van der Waals surface area contributed by atoms with E-state index in [0.717, 1.165) is 13.0 Å². The van der Waals surface area contributed by atoms with Crippen LogP contribution in [0.3, 0.4) is 0 Å². The van der Waals surface area contributed by atoms with Gasteiger partial charge in [0.05, 0.1) is 11.4 Å². The lowest BCUT2D eigenvalue weighted by atomic mass is 10.2. The third-order valence-electron chi connectivity index (χ3n) is 2.54. The summed E-state index contributed by atoms with van der Waals surface area (Å²) in [6.45, 7) is 1.01. The number of sulfonamides is 1. The van der Waals surface area contributed by atoms with Crippen LogP contribution < -0.4 is 10.5 Å². The summed E-state index contributed by atoms with van der Waals surface area (Å²) in [5.74, 6) is 0. The normalized spacial score (nSPS) is 14.2. The molecule has 3 N–H and O–H groups in total. The van der Waals surface area contributed by atoms with Gasteiger partial charge < -0.3 is 5.73 Å². The molecule has 0 amide bonds. The summed E-state index contributed by atoms with van der Waals surface area (Å²) >= 11 is 11.7. The third-order valence-corrected chi connectivity index (χ3v) is 5.07. The molecule has 0 radical (unpaired) electrons. The molecule has 120 valence electrons. The molecule has 10 heteroatoms. The first-order valence-electron chi connectivity index (χ1n) is 5.74. The maximum atomic E-state index is 12.2. The molecule has 1 aromatic rings. The lowest BCUT2D eigenvalue weighted by molar-refractivity contribution is -0.137. The van der Waals surface area contributed by atoms with Crippen LogP contribution in [-0.2, 0) is 16.6 Å². The zero-order valence-electron chi connectivity index (χ0n) is 10.8. The highest BCUT2D eigenvalue weighted by Crippen LogP contribution is 2.31. The molecule has 1 atom stereocenters. The molecule has 0 aromatic heterocycles. The van der Waals surface area contributed by atoms with Crippen LogP contribution in [0.1, 0.15) is 18.9 Å². The first kappa shape index (κ1) is 18.5. The summed E-state index contributed by atoms with van der Waals surface area (Å²) in [6.07, 6.45) is -5.77. The van der Waals surface area contributed by atoms with Gasteiger partial charge in [0.15, 0.2) is 0 Å². The second-order valence-corrected chi connectivity index (χ2v) is 6.85. The predicted molar refractivity (Wildman–Crippen MR) is 74.8 cm³/mol. The molecule has 0 spiro atoms. The molecular weight excluding hydrogens is 352 g/mol. The van der Waals surface area contributed by atoms with Crippen molar-refractivity contribution in [1.29, 1.82) is 0 Å². The average Bonchev–Trinajstić information content (AvgIpc) is 2.25. The SMILES string of the molecule is CC(CC(F)(F)F)NS(=O)(=O)c1ccc(Cl)c(CN)c1Cl. The minimum atomic E-state index is -4.48. The zero-order valence-corrected chi connectivity index (χ0v) is 13.2. The van der Waals surface area contributed by atoms with E-state index in [1.54, 1.807) is 0 Å². The Morgan fingerprint density at radius 1 is 1.33 bits per heavy atom. The van der Waals surface area contributed by atoms with E-state index < -0.39 is 28.7 Å². The molecule has 0 fully saturated rings. The van der Waals surface area contributed by atoms with E-state index in [-0.39, 0.29) is 27.0 Å². The Hall–Kier alpha value is -0.540. The fourth-order valence-corrected chi connectivity index (χ4v) is 3.86. The Kier molecular flexibility index (Phi) is 5.91. The number of halogens is 5. The number of hydrogen-bond donors (Lipinski definition) is 2. The molecule has 1 aromatic carbocycles. The number of nitrogens with one attached hydrogen (secondary N) is 1. The average molecular weight is 365 g/mol. The minimum absolute atomic E-state index is 0.0981. The highest BCUT2D eigenvalue weighted by atomic mass is 35.5. The smallest absolute Gasteiger partial charge is 0.326 e. The minimum Gasteiger partial charge on any atom is -0.326 e. The Balaban J connectivity index is 3.09. The first-order valence-corrected chi connectivity index (χ1v) is 7.98. The maximum absolute atomic E-state index is 12.2. The molecule has 4 nitrogen and oxygen atoms in total. The van der Waals surface area contributed by atoms with Crippen LogP contribution in [0.5, 0.6) is 0 Å². The lowest BCUT2D eigenvalue weighted by Gasteiger charge is -2.17. The Bertz CT molecular complexity index is 621. The van der Waals surface area contributed by atoms with Gasteiger partial charge in [-0.15, -0.1) is 0 Å². The van der Waals surface area contributed by atoms with Gasteiger partial charge in [-0.2, -0.15) is 13.2 Å². The highest BCUT2D eigenvalue weighted by Gasteiger charge is 2.32. The second-order valence-electron chi connectivity index (χ2n) is 4.38. The van der Waals surface area contributed by atoms with Crippen LogP contribution in [0.2, 0.25) is 10.0 Å². The monoisotopic (exact) mass is 364 g/mol. The Morgan fingerprint density at radius 2 is 1.90 bits per heavy atom. The van der Waals surface area contributed by atoms with Crippen molar-refractivity contribution in [1.82, 2.24) is 4.72 Å². The molecule has 0 saturated heterocycles. The summed E-state index contributed by atoms with van der Waals surface area (Å²) in [5, 5.41) is -0.0125. The standard InChI is InChI=1S/C11H13Cl2F3N2O2S/c1-6(4-11(14,15)16)18-21(19,20)9-3-2-8(12)7(5-17)10(9)13/h2-3,6,18H,4-5,17H2,1H3. The molecule has 0 heterocycles. The van der Waals surface area contributed by atoms with Crippen LogP contribution in [-0.4, -0.2) is 20.6 Å². The summed E-state index contributed by atoms with van der Waals surface area (Å²) in [6, 6.07) is 1.06. The van der Waals surface area contributed by atoms with E-state index >= 15 is 0 Å². The predicted octanol–water partition coefficient (Wildman–Crippen LogP) is 3.07. The quantitative estimate of drug-likeness (QED) is 0.843. The fraction of sp³-hybridized carbons (Fsp3) is 0.455. The molecule has 0 aliphatic rings.